The number of tetrazole rings is 1. The van der Waals surface area contributed by atoms with Crippen LogP contribution < -0.4 is 10.6 Å². The number of nitrogens with two attached hydrogens (primary N) is 1. The van der Waals surface area contributed by atoms with Crippen LogP contribution in [0.3, 0.4) is 0 Å². The van der Waals surface area contributed by atoms with E-state index in [9.17, 15) is 0 Å². The van der Waals surface area contributed by atoms with E-state index in [1.54, 1.807) is 11.8 Å². The summed E-state index contributed by atoms with van der Waals surface area (Å²) in [6, 6.07) is 8.34. The molecule has 2 heterocycles. The number of hydrogen-bond acceptors (Lipinski definition) is 6. The first kappa shape index (κ1) is 13.1. The lowest BCUT2D eigenvalue weighted by Gasteiger charge is -2.25. The van der Waals surface area contributed by atoms with Crippen LogP contribution >= 0.6 is 11.8 Å². The van der Waals surface area contributed by atoms with E-state index in [-0.39, 0.29) is 11.4 Å². The van der Waals surface area contributed by atoms with Crippen LogP contribution in [0.25, 0.3) is 0 Å². The van der Waals surface area contributed by atoms with Gasteiger partial charge in [-0.15, -0.1) is 5.10 Å². The average Bonchev–Trinajstić information content (AvgIpc) is 3.09. The van der Waals surface area contributed by atoms with Crippen LogP contribution in [-0.4, -0.2) is 26.1 Å². The molecule has 2 aromatic rings. The maximum absolute atomic E-state index is 6.08. The molecular formula is C13H16N6S. The molecule has 20 heavy (non-hydrogen) atoms. The van der Waals surface area contributed by atoms with Gasteiger partial charge in [0.2, 0.25) is 0 Å². The number of hydrogen-bond donors (Lipinski definition) is 2. The summed E-state index contributed by atoms with van der Waals surface area (Å²) in [6.45, 7) is 4.14. The highest BCUT2D eigenvalue weighted by Gasteiger charge is 2.22. The molecule has 2 atom stereocenters. The van der Waals surface area contributed by atoms with Crippen molar-refractivity contribution in [3.63, 3.8) is 0 Å². The molecule has 1 aliphatic rings. The monoisotopic (exact) mass is 288 g/mol. The number of nitrogens with one attached hydrogen (secondary N) is 1. The van der Waals surface area contributed by atoms with Crippen LogP contribution in [0.5, 0.6) is 0 Å². The van der Waals surface area contributed by atoms with E-state index >= 15 is 0 Å². The van der Waals surface area contributed by atoms with Crippen molar-refractivity contribution in [1.82, 2.24) is 20.6 Å². The molecule has 0 bridgehead atoms. The zero-order chi connectivity index (χ0) is 14.1. The van der Waals surface area contributed by atoms with Gasteiger partial charge in [0.1, 0.15) is 5.50 Å². The molecule has 3 rings (SSSR count). The first-order chi connectivity index (χ1) is 9.66. The highest BCUT2D eigenvalue weighted by Crippen LogP contribution is 2.33. The Bertz CT molecular complexity index is 606. The Balaban J connectivity index is 1.83. The summed E-state index contributed by atoms with van der Waals surface area (Å²) in [6.07, 6.45) is 0. The lowest BCUT2D eigenvalue weighted by atomic mass is 10.0. The highest BCUT2D eigenvalue weighted by atomic mass is 32.2. The fraction of sp³-hybridized carbons (Fsp3) is 0.308. The van der Waals surface area contributed by atoms with Gasteiger partial charge < -0.3 is 10.6 Å². The molecule has 0 spiro atoms. The van der Waals surface area contributed by atoms with Crippen molar-refractivity contribution in [2.24, 2.45) is 5.73 Å². The number of rotatable bonds is 3. The minimum Gasteiger partial charge on any atom is -0.320 e. The van der Waals surface area contributed by atoms with Gasteiger partial charge in [0.05, 0.1) is 0 Å². The van der Waals surface area contributed by atoms with Gasteiger partial charge in [-0.25, -0.2) is 5.10 Å². The second-order valence-electron chi connectivity index (χ2n) is 4.76. The van der Waals surface area contributed by atoms with Crippen molar-refractivity contribution in [2.75, 3.05) is 4.90 Å². The molecule has 3 N–H and O–H groups in total. The number of nitrogens with zero attached hydrogens (tertiary/aromatic N) is 4. The highest BCUT2D eigenvalue weighted by molar-refractivity contribution is 8.03. The summed E-state index contributed by atoms with van der Waals surface area (Å²) in [7, 11) is 0. The molecule has 0 saturated heterocycles. The molecule has 1 aromatic carbocycles. The molecule has 0 fully saturated rings. The first-order valence-electron chi connectivity index (χ1n) is 6.37. The van der Waals surface area contributed by atoms with E-state index in [0.29, 0.717) is 0 Å². The average molecular weight is 288 g/mol. The smallest absolute Gasteiger partial charge is 0.155 e. The predicted molar refractivity (Wildman–Crippen MR) is 79.9 cm³/mol. The van der Waals surface area contributed by atoms with Crippen molar-refractivity contribution >= 4 is 17.4 Å². The van der Waals surface area contributed by atoms with E-state index in [4.69, 9.17) is 5.73 Å². The van der Waals surface area contributed by atoms with Gasteiger partial charge in [0.15, 0.2) is 5.82 Å². The molecular weight excluding hydrogens is 272 g/mol. The summed E-state index contributed by atoms with van der Waals surface area (Å²) >= 11 is 1.63. The molecule has 0 saturated carbocycles. The standard InChI is InChI=1S/C13H16N6S/c1-8-7-20-13(14)19(8)11-5-3-10(4-6-11)9(2)12-15-17-18-16-12/h3-7,9,13H,14H2,1-2H3,(H,15,16,17,18)/t9-,13?/m1/s1. The molecule has 0 radical (unpaired) electrons. The van der Waals surface area contributed by atoms with Gasteiger partial charge in [-0.3, -0.25) is 0 Å². The van der Waals surface area contributed by atoms with Crippen LogP contribution in [0.1, 0.15) is 31.2 Å². The number of H-pyrrole nitrogens is 1. The molecule has 6 nitrogen and oxygen atoms in total. The summed E-state index contributed by atoms with van der Waals surface area (Å²) < 4.78 is 0. The van der Waals surface area contributed by atoms with E-state index in [0.717, 1.165) is 17.1 Å². The number of aromatic amines is 1. The quantitative estimate of drug-likeness (QED) is 0.899. The summed E-state index contributed by atoms with van der Waals surface area (Å²) in [4.78, 5) is 2.12. The number of benzene rings is 1. The van der Waals surface area contributed by atoms with E-state index in [1.807, 2.05) is 0 Å². The van der Waals surface area contributed by atoms with Crippen molar-refractivity contribution in [3.05, 3.63) is 46.8 Å². The fourth-order valence-corrected chi connectivity index (χ4v) is 3.13. The Kier molecular flexibility index (Phi) is 3.45. The van der Waals surface area contributed by atoms with Gasteiger partial charge in [0.25, 0.3) is 0 Å². The molecule has 104 valence electrons. The van der Waals surface area contributed by atoms with Crippen LogP contribution in [0.4, 0.5) is 5.69 Å². The third-order valence-corrected chi connectivity index (χ3v) is 4.42. The first-order valence-corrected chi connectivity index (χ1v) is 7.31. The number of aromatic nitrogens is 4. The Labute approximate surface area is 121 Å². The molecule has 1 aliphatic heterocycles. The second-order valence-corrected chi connectivity index (χ2v) is 5.75. The number of thioether (sulfide) groups is 1. The lowest BCUT2D eigenvalue weighted by molar-refractivity contribution is 0.819. The molecule has 1 aromatic heterocycles. The van der Waals surface area contributed by atoms with E-state index < -0.39 is 0 Å². The number of anilines is 1. The van der Waals surface area contributed by atoms with Crippen molar-refractivity contribution in [1.29, 1.82) is 0 Å². The SMILES string of the molecule is CC1=CSC(N)N1c1ccc([C@@H](C)c2nnn[nH]2)cc1. The van der Waals surface area contributed by atoms with E-state index in [2.05, 4.69) is 69.0 Å². The van der Waals surface area contributed by atoms with Gasteiger partial charge >= 0.3 is 0 Å². The Morgan fingerprint density at radius 2 is 2.10 bits per heavy atom. The van der Waals surface area contributed by atoms with Gasteiger partial charge in [0, 0.05) is 17.3 Å². The zero-order valence-corrected chi connectivity index (χ0v) is 12.1. The largest absolute Gasteiger partial charge is 0.320 e. The summed E-state index contributed by atoms with van der Waals surface area (Å²) in [5.41, 5.74) is 9.47. The van der Waals surface area contributed by atoms with Gasteiger partial charge in [-0.2, -0.15) is 0 Å². The van der Waals surface area contributed by atoms with E-state index in [1.165, 1.54) is 5.70 Å². The molecule has 0 aliphatic carbocycles. The summed E-state index contributed by atoms with van der Waals surface area (Å²) in [5.74, 6) is 0.902. The van der Waals surface area contributed by atoms with Crippen LogP contribution in [-0.2, 0) is 0 Å². The second kappa shape index (κ2) is 5.26. The minimum absolute atomic E-state index is 0.0447. The van der Waals surface area contributed by atoms with Crippen molar-refractivity contribution < 1.29 is 0 Å². The lowest BCUT2D eigenvalue weighted by Crippen LogP contribution is -2.34. The maximum Gasteiger partial charge on any atom is 0.155 e. The maximum atomic E-state index is 6.08. The normalized spacial score (nSPS) is 20.1. The third-order valence-electron chi connectivity index (χ3n) is 3.46. The van der Waals surface area contributed by atoms with Crippen LogP contribution in [0.2, 0.25) is 0 Å². The van der Waals surface area contributed by atoms with Crippen molar-refractivity contribution in [2.45, 2.75) is 25.3 Å². The Hall–Kier alpha value is -1.86. The van der Waals surface area contributed by atoms with Gasteiger partial charge in [-0.1, -0.05) is 30.8 Å². The summed E-state index contributed by atoms with van der Waals surface area (Å²) in [5, 5.41) is 16.1. The topological polar surface area (TPSA) is 83.7 Å². The Morgan fingerprint density at radius 3 is 2.65 bits per heavy atom. The minimum atomic E-state index is -0.0447. The van der Waals surface area contributed by atoms with Crippen LogP contribution in [0.15, 0.2) is 35.4 Å². The molecule has 7 heteroatoms. The molecule has 0 amide bonds. The Morgan fingerprint density at radius 1 is 1.35 bits per heavy atom. The third kappa shape index (κ3) is 2.30. The number of allylic oxidation sites excluding steroid dienone is 1. The van der Waals surface area contributed by atoms with Gasteiger partial charge in [-0.05, 0) is 40.5 Å². The zero-order valence-electron chi connectivity index (χ0n) is 11.3. The molecule has 1 unspecified atom stereocenters. The van der Waals surface area contributed by atoms with Crippen molar-refractivity contribution in [3.8, 4) is 0 Å². The fourth-order valence-electron chi connectivity index (χ4n) is 2.27. The van der Waals surface area contributed by atoms with Crippen LogP contribution in [0, 0.1) is 0 Å². The predicted octanol–water partition coefficient (Wildman–Crippen LogP) is 2.01.